The molecular weight excluding hydrogens is 494 g/mol. The summed E-state index contributed by atoms with van der Waals surface area (Å²) in [6.45, 7) is 8.73. The van der Waals surface area contributed by atoms with Crippen molar-refractivity contribution in [3.05, 3.63) is 35.7 Å². The zero-order chi connectivity index (χ0) is 25.5. The zero-order valence-corrected chi connectivity index (χ0v) is 23.0. The number of amides is 2. The average molecular weight is 530 g/mol. The highest BCUT2D eigenvalue weighted by atomic mass is 32.2. The number of β-lactam (4-membered cyclic amide) rings is 1. The molecule has 3 unspecified atom stereocenters. The van der Waals surface area contributed by atoms with Gasteiger partial charge in [-0.1, -0.05) is 45.2 Å². The maximum atomic E-state index is 13.7. The van der Waals surface area contributed by atoms with Crippen LogP contribution in [0.2, 0.25) is 0 Å². The number of rotatable bonds is 10. The van der Waals surface area contributed by atoms with Crippen LogP contribution >= 0.6 is 23.5 Å². The Balaban J connectivity index is 1.37. The Kier molecular flexibility index (Phi) is 7.08. The monoisotopic (exact) mass is 529 g/mol. The minimum absolute atomic E-state index is 0.0348. The summed E-state index contributed by atoms with van der Waals surface area (Å²) >= 11 is 3.59. The number of tetrazole rings is 1. The standard InChI is InChI=1S/C25H35N7O2S2/c1-5-7-8-9-14-35-17-12-10-16(11-13-17)25(6-2)26-15-18(33)32(25)19-22(34)31-20(21-27-29-30-28-21)24(3,4)36-23(19)31/h10-13,19-20,23,26H,5-9,14-15H2,1-4H3,(H,27,28,29,30)/t19?,20?,23-,25?/m1/s1. The number of nitrogens with one attached hydrogen (secondary N) is 2. The van der Waals surface area contributed by atoms with E-state index in [1.807, 2.05) is 21.6 Å². The summed E-state index contributed by atoms with van der Waals surface area (Å²) in [5, 5.41) is 17.7. The molecule has 3 fully saturated rings. The molecule has 0 saturated carbocycles. The summed E-state index contributed by atoms with van der Waals surface area (Å²) in [5.41, 5.74) is 0.320. The van der Waals surface area contributed by atoms with E-state index in [1.165, 1.54) is 30.6 Å². The molecule has 3 aliphatic rings. The normalized spacial score (nSPS) is 29.1. The van der Waals surface area contributed by atoms with Crippen LogP contribution in [0.25, 0.3) is 0 Å². The van der Waals surface area contributed by atoms with E-state index in [-0.39, 0.29) is 34.5 Å². The molecule has 2 amide bonds. The second-order valence-corrected chi connectivity index (χ2v) is 13.2. The number of hydrogen-bond donors (Lipinski definition) is 2. The lowest BCUT2D eigenvalue weighted by Crippen LogP contribution is -2.71. The van der Waals surface area contributed by atoms with Gasteiger partial charge in [-0.3, -0.25) is 14.9 Å². The van der Waals surface area contributed by atoms with E-state index in [4.69, 9.17) is 0 Å². The Morgan fingerprint density at radius 2 is 1.92 bits per heavy atom. The Hall–Kier alpha value is -2.11. The van der Waals surface area contributed by atoms with Gasteiger partial charge in [0.2, 0.25) is 11.8 Å². The van der Waals surface area contributed by atoms with Crippen molar-refractivity contribution in [3.8, 4) is 0 Å². The number of H-pyrrole nitrogens is 1. The number of unbranched alkanes of at least 4 members (excludes halogenated alkanes) is 3. The number of nitrogens with zero attached hydrogens (tertiary/aromatic N) is 5. The third-order valence-corrected chi connectivity index (χ3v) is 10.3. The SMILES string of the molecule is CCCCCCSc1ccc(C2(CC)NCC(=O)N2C2C(=O)N3C(c4nnn[nH]4)C(C)(C)S[C@H]23)cc1. The van der Waals surface area contributed by atoms with Crippen LogP contribution in [0.4, 0.5) is 0 Å². The summed E-state index contributed by atoms with van der Waals surface area (Å²) < 4.78 is -0.294. The van der Waals surface area contributed by atoms with Gasteiger partial charge in [0.05, 0.1) is 6.54 Å². The molecular formula is C25H35N7O2S2. The Morgan fingerprint density at radius 1 is 1.14 bits per heavy atom. The minimum Gasteiger partial charge on any atom is -0.314 e. The number of aromatic nitrogens is 4. The minimum atomic E-state index is -0.704. The van der Waals surface area contributed by atoms with E-state index in [1.54, 1.807) is 11.8 Å². The van der Waals surface area contributed by atoms with Crippen molar-refractivity contribution in [2.24, 2.45) is 0 Å². The Morgan fingerprint density at radius 3 is 2.58 bits per heavy atom. The highest BCUT2D eigenvalue weighted by Gasteiger charge is 2.67. The second-order valence-electron chi connectivity index (χ2n) is 10.3. The Bertz CT molecular complexity index is 1090. The predicted octanol–water partition coefficient (Wildman–Crippen LogP) is 3.67. The van der Waals surface area contributed by atoms with Crippen LogP contribution in [0.3, 0.4) is 0 Å². The zero-order valence-electron chi connectivity index (χ0n) is 21.4. The molecule has 36 heavy (non-hydrogen) atoms. The number of fused-ring (bicyclic) bond motifs is 1. The van der Waals surface area contributed by atoms with Crippen LogP contribution in [-0.2, 0) is 15.3 Å². The fourth-order valence-electron chi connectivity index (χ4n) is 5.84. The second kappa shape index (κ2) is 9.98. The highest BCUT2D eigenvalue weighted by Crippen LogP contribution is 2.58. The molecule has 0 bridgehead atoms. The predicted molar refractivity (Wildman–Crippen MR) is 141 cm³/mol. The van der Waals surface area contributed by atoms with Gasteiger partial charge in [0.1, 0.15) is 23.1 Å². The van der Waals surface area contributed by atoms with Crippen LogP contribution in [0.1, 0.15) is 77.2 Å². The molecule has 0 spiro atoms. The molecule has 194 valence electrons. The summed E-state index contributed by atoms with van der Waals surface area (Å²) in [6, 6.07) is 7.74. The van der Waals surface area contributed by atoms with E-state index in [0.29, 0.717) is 12.2 Å². The van der Waals surface area contributed by atoms with Gasteiger partial charge in [-0.2, -0.15) is 0 Å². The summed E-state index contributed by atoms with van der Waals surface area (Å²) in [5.74, 6) is 1.61. The van der Waals surface area contributed by atoms with Gasteiger partial charge >= 0.3 is 0 Å². The number of carbonyl (C=O) groups excluding carboxylic acids is 2. The maximum absolute atomic E-state index is 13.7. The van der Waals surface area contributed by atoms with E-state index < -0.39 is 11.7 Å². The van der Waals surface area contributed by atoms with Crippen molar-refractivity contribution in [2.75, 3.05) is 12.3 Å². The Labute approximate surface area is 220 Å². The molecule has 2 aromatic rings. The third kappa shape index (κ3) is 4.12. The fraction of sp³-hybridized carbons (Fsp3) is 0.640. The lowest BCUT2D eigenvalue weighted by molar-refractivity contribution is -0.167. The number of benzene rings is 1. The topological polar surface area (TPSA) is 107 Å². The molecule has 1 aromatic carbocycles. The lowest BCUT2D eigenvalue weighted by Gasteiger charge is -2.52. The lowest BCUT2D eigenvalue weighted by atomic mass is 9.90. The summed E-state index contributed by atoms with van der Waals surface area (Å²) in [4.78, 5) is 31.9. The van der Waals surface area contributed by atoms with Crippen LogP contribution in [0.15, 0.2) is 29.2 Å². The molecule has 2 N–H and O–H groups in total. The van der Waals surface area contributed by atoms with E-state index in [9.17, 15) is 9.59 Å². The van der Waals surface area contributed by atoms with Crippen LogP contribution in [0, 0.1) is 0 Å². The van der Waals surface area contributed by atoms with Crippen molar-refractivity contribution in [2.45, 2.75) is 92.6 Å². The van der Waals surface area contributed by atoms with Crippen molar-refractivity contribution in [1.82, 2.24) is 35.7 Å². The first-order valence-corrected chi connectivity index (χ1v) is 14.7. The highest BCUT2D eigenvalue weighted by molar-refractivity contribution is 8.01. The van der Waals surface area contributed by atoms with Crippen molar-refractivity contribution in [3.63, 3.8) is 0 Å². The van der Waals surface area contributed by atoms with Gasteiger partial charge < -0.3 is 9.80 Å². The van der Waals surface area contributed by atoms with E-state index >= 15 is 0 Å². The first-order chi connectivity index (χ1) is 17.3. The van der Waals surface area contributed by atoms with Crippen LogP contribution < -0.4 is 5.32 Å². The van der Waals surface area contributed by atoms with Crippen molar-refractivity contribution in [1.29, 1.82) is 0 Å². The molecule has 0 radical (unpaired) electrons. The van der Waals surface area contributed by atoms with Gasteiger partial charge in [0.15, 0.2) is 5.82 Å². The average Bonchev–Trinajstić information content (AvgIpc) is 3.56. The number of aromatic amines is 1. The van der Waals surface area contributed by atoms with Crippen LogP contribution in [-0.4, -0.2) is 70.7 Å². The largest absolute Gasteiger partial charge is 0.314 e. The van der Waals surface area contributed by atoms with Gasteiger partial charge in [-0.25, -0.2) is 5.10 Å². The van der Waals surface area contributed by atoms with Crippen molar-refractivity contribution >= 4 is 35.3 Å². The summed E-state index contributed by atoms with van der Waals surface area (Å²) in [7, 11) is 0. The van der Waals surface area contributed by atoms with E-state index in [2.05, 4.69) is 77.9 Å². The first-order valence-electron chi connectivity index (χ1n) is 12.9. The molecule has 11 heteroatoms. The molecule has 9 nitrogen and oxygen atoms in total. The van der Waals surface area contributed by atoms with Gasteiger partial charge in [-0.15, -0.1) is 28.6 Å². The molecule has 3 aliphatic heterocycles. The quantitative estimate of drug-likeness (QED) is 0.273. The smallest absolute Gasteiger partial charge is 0.250 e. The van der Waals surface area contributed by atoms with Gasteiger partial charge in [-0.05, 0) is 60.6 Å². The van der Waals surface area contributed by atoms with Gasteiger partial charge in [0.25, 0.3) is 0 Å². The molecule has 4 heterocycles. The number of carbonyl (C=O) groups is 2. The third-order valence-electron chi connectivity index (χ3n) is 7.63. The molecule has 4 atom stereocenters. The maximum Gasteiger partial charge on any atom is 0.250 e. The molecule has 0 aliphatic carbocycles. The number of thioether (sulfide) groups is 2. The fourth-order valence-corrected chi connectivity index (χ4v) is 8.44. The molecule has 3 saturated heterocycles. The number of hydrogen-bond acceptors (Lipinski definition) is 8. The van der Waals surface area contributed by atoms with Gasteiger partial charge in [0, 0.05) is 9.64 Å². The summed E-state index contributed by atoms with van der Waals surface area (Å²) in [6.07, 6.45) is 5.71. The molecule has 5 rings (SSSR count). The molecule has 1 aromatic heterocycles. The van der Waals surface area contributed by atoms with Crippen LogP contribution in [0.5, 0.6) is 0 Å². The first kappa shape index (κ1) is 25.5. The van der Waals surface area contributed by atoms with Crippen molar-refractivity contribution < 1.29 is 9.59 Å². The van der Waals surface area contributed by atoms with E-state index in [0.717, 1.165) is 11.3 Å².